The van der Waals surface area contributed by atoms with Crippen molar-refractivity contribution in [3.63, 3.8) is 0 Å². The van der Waals surface area contributed by atoms with Gasteiger partial charge in [-0.3, -0.25) is 4.79 Å². The third-order valence-corrected chi connectivity index (χ3v) is 7.04. The van der Waals surface area contributed by atoms with Gasteiger partial charge < -0.3 is 19.5 Å². The number of anilines is 1. The Labute approximate surface area is 197 Å². The van der Waals surface area contributed by atoms with Crippen LogP contribution >= 0.6 is 0 Å². The van der Waals surface area contributed by atoms with E-state index in [1.54, 1.807) is 6.07 Å². The molecule has 3 atom stereocenters. The Hall–Kier alpha value is -2.69. The van der Waals surface area contributed by atoms with Gasteiger partial charge in [-0.2, -0.15) is 0 Å². The Morgan fingerprint density at radius 3 is 2.82 bits per heavy atom. The number of ether oxygens (including phenoxy) is 2. The van der Waals surface area contributed by atoms with Crippen molar-refractivity contribution < 1.29 is 19.4 Å². The fourth-order valence-corrected chi connectivity index (χ4v) is 5.47. The molecule has 2 aromatic carbocycles. The lowest BCUT2D eigenvalue weighted by Crippen LogP contribution is -2.44. The number of esters is 1. The van der Waals surface area contributed by atoms with Crippen LogP contribution in [0.5, 0.6) is 11.5 Å². The molecule has 178 valence electrons. The van der Waals surface area contributed by atoms with E-state index in [1.807, 2.05) is 6.07 Å². The van der Waals surface area contributed by atoms with Gasteiger partial charge in [0.05, 0.1) is 12.7 Å². The fraction of sp³-hybridized carbons (Fsp3) is 0.536. The Kier molecular flexibility index (Phi) is 7.79. The lowest BCUT2D eigenvalue weighted by molar-refractivity contribution is -0.141. The third kappa shape index (κ3) is 6.01. The number of phenolic OH excluding ortho intramolecular Hbond substituents is 1. The Morgan fingerprint density at radius 1 is 1.21 bits per heavy atom. The number of hydrogen-bond acceptors (Lipinski definition) is 5. The molecule has 5 heteroatoms. The summed E-state index contributed by atoms with van der Waals surface area (Å²) in [6.07, 6.45) is 8.47. The van der Waals surface area contributed by atoms with Crippen molar-refractivity contribution >= 4 is 11.7 Å². The second-order valence-corrected chi connectivity index (χ2v) is 9.59. The number of phenols is 1. The van der Waals surface area contributed by atoms with Crippen molar-refractivity contribution in [1.82, 2.24) is 0 Å². The topological polar surface area (TPSA) is 59.0 Å². The normalized spacial score (nSPS) is 20.5. The Morgan fingerprint density at radius 2 is 2.03 bits per heavy atom. The molecular weight excluding hydrogens is 414 g/mol. The first-order valence-electron chi connectivity index (χ1n) is 12.5. The molecule has 0 spiro atoms. The zero-order valence-corrected chi connectivity index (χ0v) is 20.0. The van der Waals surface area contributed by atoms with E-state index < -0.39 is 0 Å². The predicted molar refractivity (Wildman–Crippen MR) is 131 cm³/mol. The average Bonchev–Trinajstić information content (AvgIpc) is 2.79. The van der Waals surface area contributed by atoms with Crippen LogP contribution in [0.25, 0.3) is 0 Å². The highest BCUT2D eigenvalue weighted by Crippen LogP contribution is 2.48. The van der Waals surface area contributed by atoms with Gasteiger partial charge in [0.2, 0.25) is 0 Å². The molecule has 2 heterocycles. The standard InChI is InChI=1S/C28H37NO4/c1-20(9-8-12-22-10-4-3-5-11-22)33-25-18-26-28(27(31)19-25)23(14-16-32-21(2)30)17-24-13-6-7-15-29(24)26/h3-5,10-11,18-20,23-24,31H,6-9,12-17H2,1-2H3. The van der Waals surface area contributed by atoms with Crippen LogP contribution in [0.1, 0.15) is 75.8 Å². The lowest BCUT2D eigenvalue weighted by Gasteiger charge is -2.45. The van der Waals surface area contributed by atoms with Gasteiger partial charge in [-0.25, -0.2) is 0 Å². The molecule has 3 unspecified atom stereocenters. The summed E-state index contributed by atoms with van der Waals surface area (Å²) in [6.45, 7) is 4.96. The Bertz CT molecular complexity index is 929. The van der Waals surface area contributed by atoms with E-state index in [4.69, 9.17) is 9.47 Å². The van der Waals surface area contributed by atoms with Gasteiger partial charge in [0.15, 0.2) is 0 Å². The van der Waals surface area contributed by atoms with Crippen LogP contribution in [-0.2, 0) is 16.0 Å². The molecule has 1 saturated heterocycles. The number of aromatic hydroxyl groups is 1. The average molecular weight is 452 g/mol. The molecule has 33 heavy (non-hydrogen) atoms. The van der Waals surface area contributed by atoms with Gasteiger partial charge >= 0.3 is 5.97 Å². The highest BCUT2D eigenvalue weighted by molar-refractivity contribution is 5.67. The first kappa shape index (κ1) is 23.5. The molecule has 2 aromatic rings. The summed E-state index contributed by atoms with van der Waals surface area (Å²) in [5.74, 6) is 0.981. The summed E-state index contributed by atoms with van der Waals surface area (Å²) >= 11 is 0. The molecule has 1 N–H and O–H groups in total. The van der Waals surface area contributed by atoms with Crippen molar-refractivity contribution in [3.8, 4) is 11.5 Å². The molecule has 0 bridgehead atoms. The van der Waals surface area contributed by atoms with Gasteiger partial charge in [0.1, 0.15) is 11.5 Å². The summed E-state index contributed by atoms with van der Waals surface area (Å²) in [5, 5.41) is 11.0. The molecule has 1 fully saturated rings. The number of rotatable bonds is 9. The van der Waals surface area contributed by atoms with Crippen LogP contribution in [0.4, 0.5) is 5.69 Å². The quantitative estimate of drug-likeness (QED) is 0.475. The van der Waals surface area contributed by atoms with Gasteiger partial charge in [0.25, 0.3) is 0 Å². The molecule has 0 aromatic heterocycles. The minimum atomic E-state index is -0.250. The maximum Gasteiger partial charge on any atom is 0.302 e. The summed E-state index contributed by atoms with van der Waals surface area (Å²) < 4.78 is 11.5. The van der Waals surface area contributed by atoms with Crippen molar-refractivity contribution in [2.75, 3.05) is 18.1 Å². The van der Waals surface area contributed by atoms with Crippen LogP contribution in [0.15, 0.2) is 42.5 Å². The molecule has 0 aliphatic carbocycles. The summed E-state index contributed by atoms with van der Waals surface area (Å²) in [6, 6.07) is 14.9. The zero-order chi connectivity index (χ0) is 23.2. The van der Waals surface area contributed by atoms with Crippen LogP contribution < -0.4 is 9.64 Å². The summed E-state index contributed by atoms with van der Waals surface area (Å²) in [5.41, 5.74) is 3.45. The van der Waals surface area contributed by atoms with E-state index in [2.05, 4.69) is 42.2 Å². The predicted octanol–water partition coefficient (Wildman–Crippen LogP) is 5.98. The van der Waals surface area contributed by atoms with Gasteiger partial charge in [-0.15, -0.1) is 0 Å². The van der Waals surface area contributed by atoms with Crippen molar-refractivity contribution in [3.05, 3.63) is 53.6 Å². The second-order valence-electron chi connectivity index (χ2n) is 9.59. The molecule has 4 rings (SSSR count). The second kappa shape index (κ2) is 11.0. The molecule has 2 aliphatic heterocycles. The largest absolute Gasteiger partial charge is 0.507 e. The van der Waals surface area contributed by atoms with E-state index in [-0.39, 0.29) is 18.0 Å². The SMILES string of the molecule is CC(=O)OCCC1CC2CCCCN2c2cc(OC(C)CCCc3ccccc3)cc(O)c21. The van der Waals surface area contributed by atoms with E-state index in [1.165, 1.54) is 31.7 Å². The molecular formula is C28H37NO4. The smallest absolute Gasteiger partial charge is 0.302 e. The lowest BCUT2D eigenvalue weighted by atomic mass is 9.80. The third-order valence-electron chi connectivity index (χ3n) is 7.04. The minimum absolute atomic E-state index is 0.0756. The number of aryl methyl sites for hydroxylation is 1. The van der Waals surface area contributed by atoms with Crippen LogP contribution in [-0.4, -0.2) is 36.4 Å². The van der Waals surface area contributed by atoms with Gasteiger partial charge in [0, 0.05) is 42.9 Å². The maximum absolute atomic E-state index is 11.2. The van der Waals surface area contributed by atoms with Gasteiger partial charge in [-0.05, 0) is 69.8 Å². The number of hydrogen-bond donors (Lipinski definition) is 1. The van der Waals surface area contributed by atoms with E-state index in [0.29, 0.717) is 18.4 Å². The summed E-state index contributed by atoms with van der Waals surface area (Å²) in [4.78, 5) is 13.7. The van der Waals surface area contributed by atoms with Crippen LogP contribution in [0.2, 0.25) is 0 Å². The Balaban J connectivity index is 1.45. The maximum atomic E-state index is 11.2. The monoisotopic (exact) mass is 451 g/mol. The van der Waals surface area contributed by atoms with E-state index in [0.717, 1.165) is 55.6 Å². The van der Waals surface area contributed by atoms with E-state index >= 15 is 0 Å². The zero-order valence-electron chi connectivity index (χ0n) is 20.0. The number of piperidine rings is 1. The van der Waals surface area contributed by atoms with Gasteiger partial charge in [-0.1, -0.05) is 30.3 Å². The first-order valence-corrected chi connectivity index (χ1v) is 12.5. The number of carbonyl (C=O) groups is 1. The molecule has 0 saturated carbocycles. The van der Waals surface area contributed by atoms with E-state index in [9.17, 15) is 9.90 Å². The number of nitrogens with zero attached hydrogens (tertiary/aromatic N) is 1. The number of carbonyl (C=O) groups excluding carboxylic acids is 1. The fourth-order valence-electron chi connectivity index (χ4n) is 5.47. The van der Waals surface area contributed by atoms with Crippen molar-refractivity contribution in [2.24, 2.45) is 0 Å². The number of benzene rings is 2. The molecule has 5 nitrogen and oxygen atoms in total. The highest BCUT2D eigenvalue weighted by atomic mass is 16.5. The minimum Gasteiger partial charge on any atom is -0.507 e. The molecule has 0 amide bonds. The van der Waals surface area contributed by atoms with Crippen molar-refractivity contribution in [1.29, 1.82) is 0 Å². The number of fused-ring (bicyclic) bond motifs is 3. The van der Waals surface area contributed by atoms with Crippen LogP contribution in [0, 0.1) is 0 Å². The molecule has 0 radical (unpaired) electrons. The first-order chi connectivity index (χ1) is 16.0. The molecule has 2 aliphatic rings. The van der Waals surface area contributed by atoms with Crippen LogP contribution in [0.3, 0.4) is 0 Å². The highest BCUT2D eigenvalue weighted by Gasteiger charge is 2.36. The van der Waals surface area contributed by atoms with Crippen molar-refractivity contribution in [2.45, 2.75) is 83.3 Å². The summed E-state index contributed by atoms with van der Waals surface area (Å²) in [7, 11) is 0.